The molecule has 1 aliphatic heterocycles. The Morgan fingerprint density at radius 2 is 1.85 bits per heavy atom. The first-order chi connectivity index (χ1) is 9.50. The molecule has 1 aliphatic carbocycles. The summed E-state index contributed by atoms with van der Waals surface area (Å²) in [6, 6.07) is 0. The van der Waals surface area contributed by atoms with Crippen LogP contribution in [0.1, 0.15) is 58.3 Å². The van der Waals surface area contributed by atoms with Gasteiger partial charge in [0.25, 0.3) is 0 Å². The van der Waals surface area contributed by atoms with Crippen molar-refractivity contribution in [3.05, 3.63) is 0 Å². The zero-order valence-electron chi connectivity index (χ0n) is 13.2. The first-order valence-corrected chi connectivity index (χ1v) is 8.21. The highest BCUT2D eigenvalue weighted by Crippen LogP contribution is 2.46. The zero-order chi connectivity index (χ0) is 14.6. The van der Waals surface area contributed by atoms with Crippen molar-refractivity contribution in [1.82, 2.24) is 10.2 Å². The van der Waals surface area contributed by atoms with E-state index in [1.807, 2.05) is 14.0 Å². The standard InChI is InChI=1S/C16H31N3O/c1-15(18-2,14(17)20)6-5-11-19-12-9-16(10-13-19)7-3-4-8-16/h18H,3-13H2,1-2H3,(H2,17,20). The van der Waals surface area contributed by atoms with E-state index in [2.05, 4.69) is 10.2 Å². The van der Waals surface area contributed by atoms with Crippen LogP contribution in [0.4, 0.5) is 0 Å². The van der Waals surface area contributed by atoms with E-state index in [1.165, 1.54) is 51.6 Å². The number of likely N-dealkylation sites (tertiary alicyclic amines) is 1. The van der Waals surface area contributed by atoms with Crippen LogP contribution >= 0.6 is 0 Å². The summed E-state index contributed by atoms with van der Waals surface area (Å²) in [5.74, 6) is -0.247. The molecule has 116 valence electrons. The van der Waals surface area contributed by atoms with Crippen molar-refractivity contribution in [3.8, 4) is 0 Å². The quantitative estimate of drug-likeness (QED) is 0.781. The van der Waals surface area contributed by atoms with E-state index in [-0.39, 0.29) is 5.91 Å². The third kappa shape index (κ3) is 3.53. The van der Waals surface area contributed by atoms with Crippen molar-refractivity contribution in [1.29, 1.82) is 0 Å². The summed E-state index contributed by atoms with van der Waals surface area (Å²) in [5.41, 5.74) is 5.61. The number of piperidine rings is 1. The maximum Gasteiger partial charge on any atom is 0.237 e. The minimum atomic E-state index is -0.553. The summed E-state index contributed by atoms with van der Waals surface area (Å²) in [7, 11) is 1.81. The van der Waals surface area contributed by atoms with Crippen molar-refractivity contribution in [2.24, 2.45) is 11.1 Å². The summed E-state index contributed by atoms with van der Waals surface area (Å²) in [5, 5.41) is 3.06. The lowest BCUT2D eigenvalue weighted by atomic mass is 9.77. The lowest BCUT2D eigenvalue weighted by Gasteiger charge is -2.39. The van der Waals surface area contributed by atoms with E-state index in [1.54, 1.807) is 0 Å². The smallest absolute Gasteiger partial charge is 0.237 e. The van der Waals surface area contributed by atoms with Crippen LogP contribution in [0.2, 0.25) is 0 Å². The Labute approximate surface area is 123 Å². The Hall–Kier alpha value is -0.610. The molecule has 0 radical (unpaired) electrons. The fraction of sp³-hybridized carbons (Fsp3) is 0.938. The average Bonchev–Trinajstić information content (AvgIpc) is 2.89. The molecule has 2 aliphatic rings. The second kappa shape index (κ2) is 6.44. The van der Waals surface area contributed by atoms with E-state index < -0.39 is 5.54 Å². The Kier molecular flexibility index (Phi) is 5.08. The Morgan fingerprint density at radius 3 is 2.35 bits per heavy atom. The number of hydrogen-bond donors (Lipinski definition) is 2. The van der Waals surface area contributed by atoms with Crippen LogP contribution < -0.4 is 11.1 Å². The van der Waals surface area contributed by atoms with Crippen molar-refractivity contribution in [2.45, 2.75) is 63.8 Å². The summed E-state index contributed by atoms with van der Waals surface area (Å²) in [6.45, 7) is 5.49. The van der Waals surface area contributed by atoms with Gasteiger partial charge in [0.2, 0.25) is 5.91 Å². The molecule has 1 spiro atoms. The zero-order valence-corrected chi connectivity index (χ0v) is 13.2. The summed E-state index contributed by atoms with van der Waals surface area (Å²) in [4.78, 5) is 14.0. The number of carbonyl (C=O) groups excluding carboxylic acids is 1. The van der Waals surface area contributed by atoms with E-state index in [4.69, 9.17) is 5.73 Å². The van der Waals surface area contributed by atoms with Crippen LogP contribution in [0.5, 0.6) is 0 Å². The minimum Gasteiger partial charge on any atom is -0.368 e. The van der Waals surface area contributed by atoms with Gasteiger partial charge < -0.3 is 16.0 Å². The van der Waals surface area contributed by atoms with Gasteiger partial charge in [-0.05, 0) is 77.5 Å². The van der Waals surface area contributed by atoms with Crippen molar-refractivity contribution >= 4 is 5.91 Å². The molecule has 4 heteroatoms. The third-order valence-electron chi connectivity index (χ3n) is 5.83. The molecule has 2 rings (SSSR count). The van der Waals surface area contributed by atoms with Crippen LogP contribution in [-0.2, 0) is 4.79 Å². The number of likely N-dealkylation sites (N-methyl/N-ethyl adjacent to an activating group) is 1. The molecule has 1 unspecified atom stereocenters. The molecule has 1 heterocycles. The van der Waals surface area contributed by atoms with E-state index in [9.17, 15) is 4.79 Å². The summed E-state index contributed by atoms with van der Waals surface area (Å²) in [6.07, 6.45) is 10.4. The highest BCUT2D eigenvalue weighted by Gasteiger charge is 2.36. The van der Waals surface area contributed by atoms with Crippen LogP contribution in [0.3, 0.4) is 0 Å². The number of nitrogens with one attached hydrogen (secondary N) is 1. The number of carbonyl (C=O) groups is 1. The molecule has 0 aromatic heterocycles. The van der Waals surface area contributed by atoms with Gasteiger partial charge in [0, 0.05) is 0 Å². The van der Waals surface area contributed by atoms with Gasteiger partial charge >= 0.3 is 0 Å². The first kappa shape index (κ1) is 15.8. The lowest BCUT2D eigenvalue weighted by Crippen LogP contribution is -2.51. The predicted octanol–water partition coefficient (Wildman–Crippen LogP) is 1.89. The van der Waals surface area contributed by atoms with Crippen LogP contribution in [0, 0.1) is 5.41 Å². The lowest BCUT2D eigenvalue weighted by molar-refractivity contribution is -0.123. The number of amides is 1. The van der Waals surface area contributed by atoms with E-state index in [0.717, 1.165) is 19.4 Å². The maximum atomic E-state index is 11.5. The number of rotatable bonds is 6. The Morgan fingerprint density at radius 1 is 1.25 bits per heavy atom. The fourth-order valence-corrected chi connectivity index (χ4v) is 3.90. The van der Waals surface area contributed by atoms with Gasteiger partial charge in [0.05, 0.1) is 5.54 Å². The fourth-order valence-electron chi connectivity index (χ4n) is 3.90. The number of nitrogens with two attached hydrogens (primary N) is 1. The Balaban J connectivity index is 1.70. The minimum absolute atomic E-state index is 0.247. The molecule has 20 heavy (non-hydrogen) atoms. The normalized spacial score (nSPS) is 25.7. The highest BCUT2D eigenvalue weighted by molar-refractivity contribution is 5.84. The van der Waals surface area contributed by atoms with Crippen molar-refractivity contribution in [2.75, 3.05) is 26.7 Å². The summed E-state index contributed by atoms with van der Waals surface area (Å²) < 4.78 is 0. The molecule has 0 aromatic rings. The van der Waals surface area contributed by atoms with Crippen LogP contribution in [0.25, 0.3) is 0 Å². The second-order valence-electron chi connectivity index (χ2n) is 7.10. The molecule has 1 atom stereocenters. The predicted molar refractivity (Wildman–Crippen MR) is 82.5 cm³/mol. The molecule has 1 saturated heterocycles. The number of primary amides is 1. The van der Waals surface area contributed by atoms with Gasteiger partial charge in [0.15, 0.2) is 0 Å². The van der Waals surface area contributed by atoms with Gasteiger partial charge in [-0.15, -0.1) is 0 Å². The van der Waals surface area contributed by atoms with Crippen molar-refractivity contribution in [3.63, 3.8) is 0 Å². The van der Waals surface area contributed by atoms with Gasteiger partial charge in [-0.25, -0.2) is 0 Å². The maximum absolute atomic E-state index is 11.5. The van der Waals surface area contributed by atoms with Crippen LogP contribution in [-0.4, -0.2) is 43.0 Å². The SMILES string of the molecule is CNC(C)(CCCN1CCC2(CCCC2)CC1)C(N)=O. The molecule has 0 aromatic carbocycles. The van der Waals surface area contributed by atoms with E-state index in [0.29, 0.717) is 5.41 Å². The van der Waals surface area contributed by atoms with Gasteiger partial charge in [-0.2, -0.15) is 0 Å². The monoisotopic (exact) mass is 281 g/mol. The molecule has 0 bridgehead atoms. The summed E-state index contributed by atoms with van der Waals surface area (Å²) >= 11 is 0. The van der Waals surface area contributed by atoms with Gasteiger partial charge in [0.1, 0.15) is 0 Å². The number of hydrogen-bond acceptors (Lipinski definition) is 3. The molecule has 1 amide bonds. The van der Waals surface area contributed by atoms with E-state index >= 15 is 0 Å². The van der Waals surface area contributed by atoms with Gasteiger partial charge in [-0.3, -0.25) is 4.79 Å². The van der Waals surface area contributed by atoms with Gasteiger partial charge in [-0.1, -0.05) is 12.8 Å². The second-order valence-corrected chi connectivity index (χ2v) is 7.10. The van der Waals surface area contributed by atoms with Crippen LogP contribution in [0.15, 0.2) is 0 Å². The molecular formula is C16H31N3O. The molecule has 3 N–H and O–H groups in total. The molecule has 4 nitrogen and oxygen atoms in total. The topological polar surface area (TPSA) is 58.4 Å². The highest BCUT2D eigenvalue weighted by atomic mass is 16.1. The molecule has 2 fully saturated rings. The number of nitrogens with zero attached hydrogens (tertiary/aromatic N) is 1. The first-order valence-electron chi connectivity index (χ1n) is 8.21. The Bertz CT molecular complexity index is 329. The largest absolute Gasteiger partial charge is 0.368 e. The molecular weight excluding hydrogens is 250 g/mol. The third-order valence-corrected chi connectivity index (χ3v) is 5.83. The van der Waals surface area contributed by atoms with Crippen molar-refractivity contribution < 1.29 is 4.79 Å². The molecule has 1 saturated carbocycles. The average molecular weight is 281 g/mol.